The van der Waals surface area contributed by atoms with Gasteiger partial charge in [0.1, 0.15) is 5.82 Å². The number of aromatic nitrogens is 6. The predicted octanol–water partition coefficient (Wildman–Crippen LogP) is 1.28. The molecule has 2 aromatic heterocycles. The van der Waals surface area contributed by atoms with Crippen molar-refractivity contribution in [2.45, 2.75) is 32.2 Å². The molecule has 0 aliphatic rings. The lowest BCUT2D eigenvalue weighted by Crippen LogP contribution is -2.05. The Morgan fingerprint density at radius 1 is 1.27 bits per heavy atom. The van der Waals surface area contributed by atoms with Crippen molar-refractivity contribution in [2.75, 3.05) is 0 Å². The lowest BCUT2D eigenvalue weighted by Gasteiger charge is -2.09. The van der Waals surface area contributed by atoms with Gasteiger partial charge in [0.15, 0.2) is 0 Å². The molecule has 7 heteroatoms. The van der Waals surface area contributed by atoms with Crippen LogP contribution in [0.4, 0.5) is 0 Å². The zero-order valence-corrected chi connectivity index (χ0v) is 12.4. The minimum absolute atomic E-state index is 0.286. The maximum atomic E-state index is 11.0. The lowest BCUT2D eigenvalue weighted by atomic mass is 9.97. The zero-order chi connectivity index (χ0) is 15.4. The van der Waals surface area contributed by atoms with E-state index in [2.05, 4.69) is 44.5 Å². The van der Waals surface area contributed by atoms with Crippen LogP contribution in [-0.2, 0) is 19.4 Å². The highest BCUT2D eigenvalue weighted by Crippen LogP contribution is 2.18. The van der Waals surface area contributed by atoms with E-state index in [0.29, 0.717) is 24.7 Å². The third-order valence-corrected chi connectivity index (χ3v) is 3.60. The molecule has 1 atom stereocenters. The van der Waals surface area contributed by atoms with Gasteiger partial charge in [0.05, 0.1) is 5.69 Å². The summed E-state index contributed by atoms with van der Waals surface area (Å²) in [4.78, 5) is 13.6. The second kappa shape index (κ2) is 6.38. The van der Waals surface area contributed by atoms with Crippen LogP contribution >= 0.6 is 0 Å². The van der Waals surface area contributed by atoms with Crippen molar-refractivity contribution >= 4 is 0 Å². The lowest BCUT2D eigenvalue weighted by molar-refractivity contribution is 0.578. The number of hydrogen-bond donors (Lipinski definition) is 2. The van der Waals surface area contributed by atoms with Crippen LogP contribution in [0.1, 0.15) is 29.9 Å². The molecule has 2 heterocycles. The minimum atomic E-state index is -0.286. The number of H-pyrrole nitrogens is 2. The molecule has 0 amide bonds. The summed E-state index contributed by atoms with van der Waals surface area (Å²) in [6.45, 7) is 2.82. The summed E-state index contributed by atoms with van der Waals surface area (Å²) in [5, 5.41) is 14.6. The molecule has 3 aromatic rings. The monoisotopic (exact) mass is 298 g/mol. The highest BCUT2D eigenvalue weighted by atomic mass is 16.1. The number of nitrogens with zero attached hydrogens (tertiary/aromatic N) is 4. The van der Waals surface area contributed by atoms with Crippen molar-refractivity contribution in [3.8, 4) is 0 Å². The van der Waals surface area contributed by atoms with Gasteiger partial charge >= 0.3 is 5.69 Å². The molecular weight excluding hydrogens is 280 g/mol. The Bertz CT molecular complexity index is 772. The van der Waals surface area contributed by atoms with E-state index >= 15 is 0 Å². The molecule has 7 nitrogen and oxygen atoms in total. The van der Waals surface area contributed by atoms with E-state index in [1.54, 1.807) is 4.68 Å². The van der Waals surface area contributed by atoms with Crippen LogP contribution in [0.25, 0.3) is 0 Å². The molecule has 0 spiro atoms. The van der Waals surface area contributed by atoms with Crippen molar-refractivity contribution in [1.29, 1.82) is 0 Å². The van der Waals surface area contributed by atoms with Gasteiger partial charge in [-0.2, -0.15) is 5.10 Å². The molecule has 0 unspecified atom stereocenters. The van der Waals surface area contributed by atoms with Gasteiger partial charge < -0.3 is 0 Å². The van der Waals surface area contributed by atoms with Gasteiger partial charge in [-0.3, -0.25) is 9.67 Å². The largest absolute Gasteiger partial charge is 0.340 e. The van der Waals surface area contributed by atoms with Crippen molar-refractivity contribution in [3.63, 3.8) is 0 Å². The molecule has 0 aliphatic carbocycles. The summed E-state index contributed by atoms with van der Waals surface area (Å²) in [5.74, 6) is 1.02. The summed E-state index contributed by atoms with van der Waals surface area (Å²) in [5.41, 5.74) is 1.98. The van der Waals surface area contributed by atoms with Gasteiger partial charge in [0.25, 0.3) is 0 Å². The predicted molar refractivity (Wildman–Crippen MR) is 81.5 cm³/mol. The molecule has 114 valence electrons. The number of rotatable bonds is 6. The molecular formula is C15H18N6O. The highest BCUT2D eigenvalue weighted by molar-refractivity contribution is 5.20. The Kier molecular flexibility index (Phi) is 4.13. The second-order valence-corrected chi connectivity index (χ2v) is 5.36. The van der Waals surface area contributed by atoms with Crippen LogP contribution in [-0.4, -0.2) is 30.2 Å². The summed E-state index contributed by atoms with van der Waals surface area (Å²) < 4.78 is 1.78. The zero-order valence-electron chi connectivity index (χ0n) is 12.4. The second-order valence-electron chi connectivity index (χ2n) is 5.36. The van der Waals surface area contributed by atoms with Crippen LogP contribution in [0, 0.1) is 0 Å². The first-order chi connectivity index (χ1) is 10.7. The average Bonchev–Trinajstić information content (AvgIpc) is 3.15. The van der Waals surface area contributed by atoms with Crippen LogP contribution in [0.2, 0.25) is 0 Å². The van der Waals surface area contributed by atoms with Gasteiger partial charge in [0.2, 0.25) is 0 Å². The number of nitrogens with one attached hydrogen (secondary N) is 2. The van der Waals surface area contributed by atoms with Crippen molar-refractivity contribution in [1.82, 2.24) is 30.2 Å². The molecule has 0 radical (unpaired) electrons. The van der Waals surface area contributed by atoms with Gasteiger partial charge in [-0.1, -0.05) is 42.5 Å². The number of benzene rings is 1. The Hall–Kier alpha value is -2.70. The summed E-state index contributed by atoms with van der Waals surface area (Å²) in [6.07, 6.45) is 3.41. The minimum Gasteiger partial charge on any atom is -0.293 e. The van der Waals surface area contributed by atoms with Gasteiger partial charge in [0, 0.05) is 19.2 Å². The van der Waals surface area contributed by atoms with Gasteiger partial charge in [-0.05, 0) is 17.9 Å². The number of aryl methyl sites for hydroxylation is 2. The first-order valence-corrected chi connectivity index (χ1v) is 7.28. The van der Waals surface area contributed by atoms with Crippen LogP contribution in [0.3, 0.4) is 0 Å². The topological polar surface area (TPSA) is 92.2 Å². The molecule has 2 N–H and O–H groups in total. The first kappa shape index (κ1) is 14.2. The van der Waals surface area contributed by atoms with E-state index in [9.17, 15) is 4.79 Å². The van der Waals surface area contributed by atoms with E-state index in [0.717, 1.165) is 12.1 Å². The molecule has 1 aromatic carbocycles. The van der Waals surface area contributed by atoms with Crippen molar-refractivity contribution in [3.05, 3.63) is 64.1 Å². The Balaban J connectivity index is 1.58. The quantitative estimate of drug-likeness (QED) is 0.717. The fraction of sp³-hybridized carbons (Fsp3) is 0.333. The SMILES string of the molecule is C[C@H](Cc1cn(CCc2n[nH]c(=O)[nH]2)nn1)c1ccccc1. The van der Waals surface area contributed by atoms with Crippen LogP contribution < -0.4 is 5.69 Å². The van der Waals surface area contributed by atoms with Crippen molar-refractivity contribution < 1.29 is 0 Å². The standard InChI is InChI=1S/C15H18N6O/c1-11(12-5-3-2-4-6-12)9-13-10-21(20-17-13)8-7-14-16-15(22)19-18-14/h2-6,10-11H,7-9H2,1H3,(H2,16,18,19,22)/t11-/m1/s1. The molecule has 3 rings (SSSR count). The van der Waals surface area contributed by atoms with Gasteiger partial charge in [-0.15, -0.1) is 5.10 Å². The van der Waals surface area contributed by atoms with E-state index in [4.69, 9.17) is 0 Å². The van der Waals surface area contributed by atoms with E-state index in [-0.39, 0.29) is 5.69 Å². The maximum Gasteiger partial charge on any atom is 0.340 e. The maximum absolute atomic E-state index is 11.0. The highest BCUT2D eigenvalue weighted by Gasteiger charge is 2.09. The van der Waals surface area contributed by atoms with Gasteiger partial charge in [-0.25, -0.2) is 9.89 Å². The fourth-order valence-electron chi connectivity index (χ4n) is 2.40. The van der Waals surface area contributed by atoms with E-state index in [1.165, 1.54) is 5.56 Å². The molecule has 0 aliphatic heterocycles. The third-order valence-electron chi connectivity index (χ3n) is 3.60. The van der Waals surface area contributed by atoms with Crippen molar-refractivity contribution in [2.24, 2.45) is 0 Å². The van der Waals surface area contributed by atoms with E-state index in [1.807, 2.05) is 24.4 Å². The summed E-state index contributed by atoms with van der Waals surface area (Å²) in [6, 6.07) is 10.4. The molecule has 22 heavy (non-hydrogen) atoms. The summed E-state index contributed by atoms with van der Waals surface area (Å²) >= 11 is 0. The Morgan fingerprint density at radius 2 is 2.09 bits per heavy atom. The van der Waals surface area contributed by atoms with Crippen LogP contribution in [0.5, 0.6) is 0 Å². The van der Waals surface area contributed by atoms with Crippen LogP contribution in [0.15, 0.2) is 41.3 Å². The molecule has 0 saturated carbocycles. The smallest absolute Gasteiger partial charge is 0.293 e. The summed E-state index contributed by atoms with van der Waals surface area (Å²) in [7, 11) is 0. The average molecular weight is 298 g/mol. The first-order valence-electron chi connectivity index (χ1n) is 7.28. The fourth-order valence-corrected chi connectivity index (χ4v) is 2.40. The van der Waals surface area contributed by atoms with E-state index < -0.39 is 0 Å². The Labute approximate surface area is 127 Å². The molecule has 0 bridgehead atoms. The normalized spacial score (nSPS) is 12.4. The third kappa shape index (κ3) is 3.49. The molecule has 0 fully saturated rings. The Morgan fingerprint density at radius 3 is 2.82 bits per heavy atom. The number of aromatic amines is 2. The number of hydrogen-bond acceptors (Lipinski definition) is 4. The molecule has 0 saturated heterocycles.